The topological polar surface area (TPSA) is 80.5 Å². The van der Waals surface area contributed by atoms with Crippen molar-refractivity contribution >= 4 is 23.0 Å². The van der Waals surface area contributed by atoms with Crippen LogP contribution in [0.3, 0.4) is 0 Å². The van der Waals surface area contributed by atoms with Gasteiger partial charge in [0.15, 0.2) is 0 Å². The minimum absolute atomic E-state index is 0.0562. The van der Waals surface area contributed by atoms with Gasteiger partial charge in [0.2, 0.25) is 5.82 Å². The fourth-order valence-electron chi connectivity index (χ4n) is 1.91. The van der Waals surface area contributed by atoms with Crippen molar-refractivity contribution < 1.29 is 9.66 Å². The highest BCUT2D eigenvalue weighted by Crippen LogP contribution is 2.32. The van der Waals surface area contributed by atoms with Crippen molar-refractivity contribution in [3.63, 3.8) is 0 Å². The van der Waals surface area contributed by atoms with Gasteiger partial charge in [-0.1, -0.05) is 6.07 Å². The molecular formula is C14H16N4O3. The van der Waals surface area contributed by atoms with Crippen LogP contribution in [-0.2, 0) is 0 Å². The van der Waals surface area contributed by atoms with Gasteiger partial charge in [0, 0.05) is 31.9 Å². The van der Waals surface area contributed by atoms with E-state index in [0.29, 0.717) is 11.6 Å². The molecule has 1 aromatic heterocycles. The first-order valence-corrected chi connectivity index (χ1v) is 6.27. The third kappa shape index (κ3) is 3.02. The van der Waals surface area contributed by atoms with E-state index in [1.165, 1.54) is 6.07 Å². The van der Waals surface area contributed by atoms with E-state index >= 15 is 0 Å². The van der Waals surface area contributed by atoms with Crippen LogP contribution in [0.5, 0.6) is 5.75 Å². The Labute approximate surface area is 122 Å². The van der Waals surface area contributed by atoms with E-state index in [9.17, 15) is 10.1 Å². The normalized spacial score (nSPS) is 10.0. The predicted molar refractivity (Wildman–Crippen MR) is 81.5 cm³/mol. The number of nitrogens with zero attached hydrogens (tertiary/aromatic N) is 3. The molecular weight excluding hydrogens is 272 g/mol. The van der Waals surface area contributed by atoms with Crippen LogP contribution < -0.4 is 15.0 Å². The van der Waals surface area contributed by atoms with E-state index in [4.69, 9.17) is 4.74 Å². The molecule has 0 aliphatic heterocycles. The lowest BCUT2D eigenvalue weighted by Crippen LogP contribution is -2.14. The molecule has 1 N–H and O–H groups in total. The summed E-state index contributed by atoms with van der Waals surface area (Å²) in [6.45, 7) is 0. The quantitative estimate of drug-likeness (QED) is 0.673. The van der Waals surface area contributed by atoms with E-state index in [0.717, 1.165) is 5.69 Å². The molecule has 0 saturated carbocycles. The Bertz CT molecular complexity index is 660. The summed E-state index contributed by atoms with van der Waals surface area (Å²) in [6, 6.07) is 10.3. The molecule has 0 bridgehead atoms. The molecule has 1 aromatic carbocycles. The summed E-state index contributed by atoms with van der Waals surface area (Å²) >= 11 is 0. The average molecular weight is 288 g/mol. The molecule has 0 atom stereocenters. The van der Waals surface area contributed by atoms with Crippen LogP contribution in [0.4, 0.5) is 23.0 Å². The Morgan fingerprint density at radius 2 is 2.10 bits per heavy atom. The van der Waals surface area contributed by atoms with Crippen molar-refractivity contribution in [1.29, 1.82) is 0 Å². The van der Waals surface area contributed by atoms with Crippen molar-refractivity contribution in [2.75, 3.05) is 31.4 Å². The monoisotopic (exact) mass is 288 g/mol. The predicted octanol–water partition coefficient (Wildman–Crippen LogP) is 2.81. The smallest absolute Gasteiger partial charge is 0.312 e. The van der Waals surface area contributed by atoms with Crippen molar-refractivity contribution in [2.24, 2.45) is 0 Å². The summed E-state index contributed by atoms with van der Waals surface area (Å²) in [4.78, 5) is 16.7. The molecule has 0 radical (unpaired) electrons. The Kier molecular flexibility index (Phi) is 4.22. The summed E-state index contributed by atoms with van der Waals surface area (Å²) in [7, 11) is 5.01. The van der Waals surface area contributed by atoms with Crippen molar-refractivity contribution in [1.82, 2.24) is 4.98 Å². The summed E-state index contributed by atoms with van der Waals surface area (Å²) in [5.41, 5.74) is 0.692. The van der Waals surface area contributed by atoms with Crippen LogP contribution in [0.2, 0.25) is 0 Å². The third-order valence-electron chi connectivity index (χ3n) is 3.07. The minimum atomic E-state index is -0.446. The minimum Gasteiger partial charge on any atom is -0.497 e. The largest absolute Gasteiger partial charge is 0.497 e. The first-order chi connectivity index (χ1) is 10.1. The molecule has 0 saturated heterocycles. The van der Waals surface area contributed by atoms with Crippen LogP contribution in [0.25, 0.3) is 0 Å². The lowest BCUT2D eigenvalue weighted by atomic mass is 10.2. The summed E-state index contributed by atoms with van der Waals surface area (Å²) in [5, 5.41) is 14.1. The van der Waals surface area contributed by atoms with Crippen LogP contribution >= 0.6 is 0 Å². The second-order valence-corrected chi connectivity index (χ2v) is 4.31. The fourth-order valence-corrected chi connectivity index (χ4v) is 1.91. The Morgan fingerprint density at radius 3 is 2.71 bits per heavy atom. The van der Waals surface area contributed by atoms with Gasteiger partial charge in [-0.15, -0.1) is 0 Å². The van der Waals surface area contributed by atoms with Crippen LogP contribution in [0.1, 0.15) is 0 Å². The highest BCUT2D eigenvalue weighted by atomic mass is 16.6. The van der Waals surface area contributed by atoms with Gasteiger partial charge in [0.1, 0.15) is 11.6 Å². The number of nitro groups is 1. The van der Waals surface area contributed by atoms with Gasteiger partial charge >= 0.3 is 5.69 Å². The SMILES string of the molecule is CNc1ccc([N+](=O)[O-])c(N(C)c2cccc(OC)c2)n1. The van der Waals surface area contributed by atoms with Gasteiger partial charge in [-0.25, -0.2) is 4.98 Å². The number of methoxy groups -OCH3 is 1. The van der Waals surface area contributed by atoms with E-state index in [1.54, 1.807) is 38.2 Å². The standard InChI is InChI=1S/C14H16N4O3/c1-15-13-8-7-12(18(19)20)14(16-13)17(2)10-5-4-6-11(9-10)21-3/h4-9H,1-3H3,(H,15,16). The van der Waals surface area contributed by atoms with Gasteiger partial charge in [-0.2, -0.15) is 0 Å². The third-order valence-corrected chi connectivity index (χ3v) is 3.07. The fraction of sp³-hybridized carbons (Fsp3) is 0.214. The lowest BCUT2D eigenvalue weighted by Gasteiger charge is -2.19. The Balaban J connectivity index is 2.50. The van der Waals surface area contributed by atoms with E-state index in [2.05, 4.69) is 10.3 Å². The number of benzene rings is 1. The molecule has 21 heavy (non-hydrogen) atoms. The molecule has 0 fully saturated rings. The molecule has 2 aromatic rings. The summed E-state index contributed by atoms with van der Waals surface area (Å²) < 4.78 is 5.17. The Morgan fingerprint density at radius 1 is 1.33 bits per heavy atom. The first kappa shape index (κ1) is 14.6. The molecule has 2 rings (SSSR count). The maximum atomic E-state index is 11.2. The molecule has 7 heteroatoms. The second-order valence-electron chi connectivity index (χ2n) is 4.31. The van der Waals surface area contributed by atoms with Crippen molar-refractivity contribution in [3.05, 3.63) is 46.5 Å². The van der Waals surface area contributed by atoms with Gasteiger partial charge in [-0.3, -0.25) is 10.1 Å². The van der Waals surface area contributed by atoms with Gasteiger partial charge in [-0.05, 0) is 18.2 Å². The second kappa shape index (κ2) is 6.08. The van der Waals surface area contributed by atoms with Crippen LogP contribution in [0.15, 0.2) is 36.4 Å². The van der Waals surface area contributed by atoms with Crippen molar-refractivity contribution in [3.8, 4) is 5.75 Å². The maximum absolute atomic E-state index is 11.2. The summed E-state index contributed by atoms with van der Waals surface area (Å²) in [6.07, 6.45) is 0. The molecule has 0 amide bonds. The number of anilines is 3. The zero-order chi connectivity index (χ0) is 15.4. The van der Waals surface area contributed by atoms with Gasteiger partial charge in [0.25, 0.3) is 0 Å². The van der Waals surface area contributed by atoms with Gasteiger partial charge in [0.05, 0.1) is 12.0 Å². The lowest BCUT2D eigenvalue weighted by molar-refractivity contribution is -0.384. The molecule has 110 valence electrons. The molecule has 0 spiro atoms. The van der Waals surface area contributed by atoms with Crippen molar-refractivity contribution in [2.45, 2.75) is 0 Å². The molecule has 7 nitrogen and oxygen atoms in total. The Hall–Kier alpha value is -2.83. The maximum Gasteiger partial charge on any atom is 0.312 e. The number of aromatic nitrogens is 1. The molecule has 0 aliphatic rings. The molecule has 0 unspecified atom stereocenters. The molecule has 0 aliphatic carbocycles. The average Bonchev–Trinajstić information content (AvgIpc) is 2.53. The number of hydrogen-bond acceptors (Lipinski definition) is 6. The van der Waals surface area contributed by atoms with Gasteiger partial charge < -0.3 is 15.0 Å². The summed E-state index contributed by atoms with van der Waals surface area (Å²) in [5.74, 6) is 1.50. The molecule has 1 heterocycles. The van der Waals surface area contributed by atoms with Crippen LogP contribution in [-0.4, -0.2) is 31.1 Å². The number of nitrogens with one attached hydrogen (secondary N) is 1. The zero-order valence-corrected chi connectivity index (χ0v) is 12.0. The number of ether oxygens (including phenoxy) is 1. The van der Waals surface area contributed by atoms with Crippen LogP contribution in [0, 0.1) is 10.1 Å². The van der Waals surface area contributed by atoms with E-state index in [-0.39, 0.29) is 11.5 Å². The zero-order valence-electron chi connectivity index (χ0n) is 12.0. The number of rotatable bonds is 5. The first-order valence-electron chi connectivity index (χ1n) is 6.27. The number of pyridine rings is 1. The highest BCUT2D eigenvalue weighted by Gasteiger charge is 2.20. The highest BCUT2D eigenvalue weighted by molar-refractivity contribution is 5.70. The number of hydrogen-bond donors (Lipinski definition) is 1. The van der Waals surface area contributed by atoms with E-state index in [1.807, 2.05) is 18.2 Å². The van der Waals surface area contributed by atoms with E-state index < -0.39 is 4.92 Å².